The molecular weight excluding hydrogens is 496 g/mol. The summed E-state index contributed by atoms with van der Waals surface area (Å²) in [6, 6.07) is 20.5. The maximum Gasteiger partial charge on any atom is 0.138 e. The number of nitrogens with zero attached hydrogens (tertiary/aromatic N) is 1. The first-order valence-corrected chi connectivity index (χ1v) is 12.3. The van der Waals surface area contributed by atoms with Gasteiger partial charge >= 0.3 is 0 Å². The van der Waals surface area contributed by atoms with E-state index in [-0.39, 0.29) is 30.3 Å². The summed E-state index contributed by atoms with van der Waals surface area (Å²) in [5.41, 5.74) is 30.8. The summed E-state index contributed by atoms with van der Waals surface area (Å²) in [5.74, 6) is 0.395. The minimum absolute atomic E-state index is 0.0738. The first-order chi connectivity index (χ1) is 18.5. The second-order valence-electron chi connectivity index (χ2n) is 8.92. The third-order valence-electron chi connectivity index (χ3n) is 5.26. The van der Waals surface area contributed by atoms with Gasteiger partial charge < -0.3 is 54.0 Å². The molecule has 10 heteroatoms. The number of rotatable bonds is 5. The molecule has 0 heterocycles. The predicted molar refractivity (Wildman–Crippen MR) is 161 cm³/mol. The van der Waals surface area contributed by atoms with Crippen LogP contribution in [0.4, 0.5) is 22.7 Å². The van der Waals surface area contributed by atoms with Gasteiger partial charge in [0.15, 0.2) is 0 Å². The molecule has 0 aliphatic heterocycles. The van der Waals surface area contributed by atoms with Crippen molar-refractivity contribution in [2.75, 3.05) is 48.4 Å². The molecule has 0 spiro atoms. The van der Waals surface area contributed by atoms with Crippen LogP contribution in [0.2, 0.25) is 0 Å². The van der Waals surface area contributed by atoms with E-state index < -0.39 is 0 Å². The molecule has 39 heavy (non-hydrogen) atoms. The van der Waals surface area contributed by atoms with Crippen LogP contribution in [0.1, 0.15) is 13.3 Å². The van der Waals surface area contributed by atoms with Gasteiger partial charge in [0.2, 0.25) is 0 Å². The Hall–Kier alpha value is -4.38. The molecule has 1 aliphatic carbocycles. The molecular formula is C29H42N6O4. The second-order valence-corrected chi connectivity index (χ2v) is 8.92. The highest BCUT2D eigenvalue weighted by Crippen LogP contribution is 2.17. The number of phenolic OH excluding ortho intramolecular Hbond substituents is 2. The first kappa shape index (κ1) is 32.6. The number of hydrogen-bond donors (Lipinski definition) is 9. The molecule has 3 aromatic carbocycles. The average Bonchev–Trinajstić information content (AvgIpc) is 2.91. The number of aliphatic hydroxyl groups is 2. The van der Waals surface area contributed by atoms with Crippen molar-refractivity contribution in [1.29, 1.82) is 0 Å². The van der Waals surface area contributed by atoms with Crippen molar-refractivity contribution in [3.05, 3.63) is 96.7 Å². The van der Waals surface area contributed by atoms with Crippen molar-refractivity contribution >= 4 is 22.7 Å². The molecule has 0 saturated heterocycles. The fourth-order valence-corrected chi connectivity index (χ4v) is 3.02. The van der Waals surface area contributed by atoms with E-state index in [1.165, 1.54) is 0 Å². The number of allylic oxidation sites excluding steroid dienone is 1. The lowest BCUT2D eigenvalue weighted by atomic mass is 9.94. The Kier molecular flexibility index (Phi) is 14.4. The van der Waals surface area contributed by atoms with Gasteiger partial charge in [0.05, 0.1) is 18.9 Å². The van der Waals surface area contributed by atoms with Crippen LogP contribution in [0.15, 0.2) is 96.7 Å². The summed E-state index contributed by atoms with van der Waals surface area (Å²) in [7, 11) is 0. The lowest BCUT2D eigenvalue weighted by Crippen LogP contribution is -2.34. The van der Waals surface area contributed by atoms with Crippen LogP contribution in [0.3, 0.4) is 0 Å². The van der Waals surface area contributed by atoms with Crippen molar-refractivity contribution in [2.45, 2.75) is 18.9 Å². The third-order valence-corrected chi connectivity index (χ3v) is 5.26. The van der Waals surface area contributed by atoms with Gasteiger partial charge in [0.1, 0.15) is 11.5 Å². The van der Waals surface area contributed by atoms with Gasteiger partial charge in [-0.3, -0.25) is 0 Å². The smallest absolute Gasteiger partial charge is 0.138 e. The Labute approximate surface area is 230 Å². The zero-order valence-electron chi connectivity index (χ0n) is 22.3. The normalized spacial score (nSPS) is 15.2. The highest BCUT2D eigenvalue weighted by Gasteiger charge is 2.14. The maximum atomic E-state index is 8.83. The molecule has 1 aliphatic rings. The van der Waals surface area contributed by atoms with Gasteiger partial charge in [-0.1, -0.05) is 24.3 Å². The maximum absolute atomic E-state index is 8.83. The van der Waals surface area contributed by atoms with Crippen LogP contribution in [-0.2, 0) is 0 Å². The molecule has 10 nitrogen and oxygen atoms in total. The number of anilines is 4. The number of phenols is 2. The fourth-order valence-electron chi connectivity index (χ4n) is 3.02. The molecule has 0 radical (unpaired) electrons. The monoisotopic (exact) mass is 538 g/mol. The minimum atomic E-state index is -0.178. The number of nitrogen functional groups attached to an aromatic ring is 3. The molecule has 0 saturated carbocycles. The van der Waals surface area contributed by atoms with Crippen LogP contribution in [-0.4, -0.2) is 52.3 Å². The van der Waals surface area contributed by atoms with Crippen LogP contribution in [0.25, 0.3) is 0 Å². The minimum Gasteiger partial charge on any atom is -0.508 e. The zero-order chi connectivity index (χ0) is 29.3. The largest absolute Gasteiger partial charge is 0.508 e. The van der Waals surface area contributed by atoms with Crippen molar-refractivity contribution in [1.82, 2.24) is 0 Å². The van der Waals surface area contributed by atoms with Crippen molar-refractivity contribution in [3.8, 4) is 11.5 Å². The van der Waals surface area contributed by atoms with Crippen molar-refractivity contribution in [2.24, 2.45) is 11.5 Å². The number of benzene rings is 3. The van der Waals surface area contributed by atoms with E-state index in [0.29, 0.717) is 30.2 Å². The lowest BCUT2D eigenvalue weighted by molar-refractivity contribution is 0.281. The van der Waals surface area contributed by atoms with Crippen LogP contribution in [0.5, 0.6) is 11.5 Å². The Morgan fingerprint density at radius 1 is 0.769 bits per heavy atom. The summed E-state index contributed by atoms with van der Waals surface area (Å²) in [4.78, 5) is 1.90. The van der Waals surface area contributed by atoms with E-state index in [9.17, 15) is 0 Å². The van der Waals surface area contributed by atoms with Crippen molar-refractivity contribution in [3.63, 3.8) is 0 Å². The lowest BCUT2D eigenvalue weighted by Gasteiger charge is -2.22. The number of para-hydroxylation sites is 2. The number of aromatic hydroxyl groups is 2. The van der Waals surface area contributed by atoms with Crippen LogP contribution in [0, 0.1) is 0 Å². The van der Waals surface area contributed by atoms with E-state index in [4.69, 9.17) is 49.1 Å². The van der Waals surface area contributed by atoms with Crippen molar-refractivity contribution < 1.29 is 20.4 Å². The van der Waals surface area contributed by atoms with Gasteiger partial charge in [-0.15, -0.1) is 0 Å². The molecule has 1 unspecified atom stereocenters. The summed E-state index contributed by atoms with van der Waals surface area (Å²) in [5, 5.41) is 35.2. The standard InChI is InChI=1S/C10H16N2O2.C7H12N2.2C6H7NO/c11-9-1-3-10(4-2-9)12(5-7-13)6-8-14;1-7(9)4-2-6(8)3-5-7;7-5-1-3-6(8)4-2-5;7-5-3-1-2-4-6(5)8/h1-4,13-14H,5-8,11H2;2-4H,5,8-9H2,1H3;2*1-4,8H,7H2. The molecule has 1 atom stereocenters. The zero-order valence-corrected chi connectivity index (χ0v) is 22.3. The van der Waals surface area contributed by atoms with E-state index in [0.717, 1.165) is 17.8 Å². The average molecular weight is 539 g/mol. The van der Waals surface area contributed by atoms with Gasteiger partial charge in [-0.2, -0.15) is 0 Å². The third kappa shape index (κ3) is 14.2. The summed E-state index contributed by atoms with van der Waals surface area (Å²) >= 11 is 0. The Bertz CT molecular complexity index is 1100. The van der Waals surface area contributed by atoms with Gasteiger partial charge in [0, 0.05) is 41.4 Å². The fraction of sp³-hybridized carbons (Fsp3) is 0.241. The Morgan fingerprint density at radius 2 is 1.28 bits per heavy atom. The highest BCUT2D eigenvalue weighted by atomic mass is 16.3. The topological polar surface area (TPSA) is 214 Å². The quantitative estimate of drug-likeness (QED) is 0.131. The SMILES string of the molecule is CC1(N)C=CC(N)=CC1.Nc1ccc(N(CCO)CCO)cc1.Nc1ccc(O)cc1.Nc1ccccc1O. The number of hydrogen-bond acceptors (Lipinski definition) is 10. The van der Waals surface area contributed by atoms with Crippen LogP contribution >= 0.6 is 0 Å². The summed E-state index contributed by atoms with van der Waals surface area (Å²) in [6.07, 6.45) is 6.57. The molecule has 212 valence electrons. The second kappa shape index (κ2) is 17.2. The molecule has 0 bridgehead atoms. The Morgan fingerprint density at radius 3 is 1.64 bits per heavy atom. The van der Waals surface area contributed by atoms with Gasteiger partial charge in [-0.25, -0.2) is 0 Å². The van der Waals surface area contributed by atoms with Gasteiger partial charge in [0.25, 0.3) is 0 Å². The first-order valence-electron chi connectivity index (χ1n) is 12.3. The highest BCUT2D eigenvalue weighted by molar-refractivity contribution is 5.53. The number of nitrogens with two attached hydrogens (primary N) is 5. The summed E-state index contributed by atoms with van der Waals surface area (Å²) in [6.45, 7) is 3.16. The van der Waals surface area contributed by atoms with Gasteiger partial charge in [-0.05, 0) is 80.1 Å². The Balaban J connectivity index is 0.000000268. The van der Waals surface area contributed by atoms with E-state index in [1.54, 1.807) is 60.7 Å². The van der Waals surface area contributed by atoms with E-state index in [2.05, 4.69) is 0 Å². The molecule has 0 amide bonds. The summed E-state index contributed by atoms with van der Waals surface area (Å²) < 4.78 is 0. The predicted octanol–water partition coefficient (Wildman–Crippen LogP) is 2.51. The molecule has 14 N–H and O–H groups in total. The number of aliphatic hydroxyl groups excluding tert-OH is 2. The van der Waals surface area contributed by atoms with E-state index in [1.807, 2.05) is 42.2 Å². The van der Waals surface area contributed by atoms with E-state index >= 15 is 0 Å². The van der Waals surface area contributed by atoms with Crippen LogP contribution < -0.4 is 33.6 Å². The molecule has 0 aromatic heterocycles. The molecule has 4 rings (SSSR count). The molecule has 3 aromatic rings. The molecule has 0 fully saturated rings.